The minimum Gasteiger partial charge on any atom is -0.452 e. The van der Waals surface area contributed by atoms with Gasteiger partial charge in [-0.15, -0.1) is 0 Å². The molecule has 0 radical (unpaired) electrons. The number of amides is 3. The summed E-state index contributed by atoms with van der Waals surface area (Å²) in [6.45, 7) is -2.85. The largest absolute Gasteiger partial charge is 0.452 e. The first kappa shape index (κ1) is 17.4. The maximum absolute atomic E-state index is 12.0. The molecule has 1 saturated heterocycles. The van der Waals surface area contributed by atoms with Crippen LogP contribution in [0.2, 0.25) is 0 Å². The molecule has 0 aliphatic carbocycles. The number of hydrogen-bond donors (Lipinski definition) is 1. The first-order chi connectivity index (χ1) is 11.5. The standard InChI is InChI=1S/C15H14F2N2O5/c16-14(17)24-11-4-1-10(2-5-11)3-6-13(21)23-9-12(20)19-8-7-18-15(19)22/h1-6,14H,7-9H2,(H,18,22)/b6-3+. The first-order valence-corrected chi connectivity index (χ1v) is 6.93. The Kier molecular flexibility index (Phi) is 5.83. The smallest absolute Gasteiger partial charge is 0.387 e. The van der Waals surface area contributed by atoms with Gasteiger partial charge in [-0.25, -0.2) is 9.59 Å². The van der Waals surface area contributed by atoms with Crippen molar-refractivity contribution in [1.29, 1.82) is 0 Å². The number of ether oxygens (including phenoxy) is 2. The molecule has 1 heterocycles. The highest BCUT2D eigenvalue weighted by Crippen LogP contribution is 2.15. The Hall–Kier alpha value is -2.97. The van der Waals surface area contributed by atoms with Crippen molar-refractivity contribution in [1.82, 2.24) is 10.2 Å². The molecule has 1 aliphatic heterocycles. The van der Waals surface area contributed by atoms with Crippen molar-refractivity contribution < 1.29 is 32.6 Å². The highest BCUT2D eigenvalue weighted by Gasteiger charge is 2.26. The number of esters is 1. The topological polar surface area (TPSA) is 84.9 Å². The van der Waals surface area contributed by atoms with Crippen LogP contribution in [0.25, 0.3) is 6.08 Å². The van der Waals surface area contributed by atoms with Crippen LogP contribution in [-0.4, -0.2) is 49.1 Å². The number of rotatable bonds is 6. The summed E-state index contributed by atoms with van der Waals surface area (Å²) in [7, 11) is 0. The van der Waals surface area contributed by atoms with Crippen molar-refractivity contribution in [3.63, 3.8) is 0 Å². The van der Waals surface area contributed by atoms with Crippen LogP contribution in [0.3, 0.4) is 0 Å². The first-order valence-electron chi connectivity index (χ1n) is 6.93. The van der Waals surface area contributed by atoms with Crippen LogP contribution in [0, 0.1) is 0 Å². The van der Waals surface area contributed by atoms with Gasteiger partial charge in [0.15, 0.2) is 6.61 Å². The lowest BCUT2D eigenvalue weighted by molar-refractivity contribution is -0.146. The van der Waals surface area contributed by atoms with Crippen LogP contribution in [0.15, 0.2) is 30.3 Å². The third kappa shape index (κ3) is 5.04. The van der Waals surface area contributed by atoms with Crippen molar-refractivity contribution in [3.05, 3.63) is 35.9 Å². The quantitative estimate of drug-likeness (QED) is 0.625. The normalized spacial score (nSPS) is 14.1. The number of carbonyl (C=O) groups is 3. The van der Waals surface area contributed by atoms with Crippen molar-refractivity contribution in [2.75, 3.05) is 19.7 Å². The van der Waals surface area contributed by atoms with Crippen molar-refractivity contribution in [2.24, 2.45) is 0 Å². The van der Waals surface area contributed by atoms with E-state index in [1.54, 1.807) is 0 Å². The zero-order valence-electron chi connectivity index (χ0n) is 12.4. The molecule has 0 unspecified atom stereocenters. The predicted molar refractivity (Wildman–Crippen MR) is 78.2 cm³/mol. The molecule has 0 bridgehead atoms. The lowest BCUT2D eigenvalue weighted by atomic mass is 10.2. The van der Waals surface area contributed by atoms with Crippen LogP contribution < -0.4 is 10.1 Å². The molecule has 1 aromatic rings. The second-order valence-corrected chi connectivity index (χ2v) is 4.67. The molecule has 2 rings (SSSR count). The summed E-state index contributed by atoms with van der Waals surface area (Å²) < 4.78 is 33.0. The average Bonchev–Trinajstić information content (AvgIpc) is 2.97. The van der Waals surface area contributed by atoms with Gasteiger partial charge < -0.3 is 14.8 Å². The Morgan fingerprint density at radius 1 is 1.29 bits per heavy atom. The fraction of sp³-hybridized carbons (Fsp3) is 0.267. The summed E-state index contributed by atoms with van der Waals surface area (Å²) in [4.78, 5) is 35.4. The Labute approximate surface area is 135 Å². The minimum absolute atomic E-state index is 0.000729. The predicted octanol–water partition coefficient (Wildman–Crippen LogP) is 1.40. The Bertz CT molecular complexity index is 646. The van der Waals surface area contributed by atoms with Gasteiger partial charge in [0, 0.05) is 19.2 Å². The molecule has 1 aromatic carbocycles. The lowest BCUT2D eigenvalue weighted by Crippen LogP contribution is -2.37. The van der Waals surface area contributed by atoms with E-state index in [1.807, 2.05) is 0 Å². The van der Waals surface area contributed by atoms with Gasteiger partial charge in [-0.2, -0.15) is 8.78 Å². The van der Waals surface area contributed by atoms with Crippen LogP contribution in [-0.2, 0) is 14.3 Å². The Morgan fingerprint density at radius 2 is 2.00 bits per heavy atom. The zero-order chi connectivity index (χ0) is 17.5. The maximum atomic E-state index is 12.0. The Balaban J connectivity index is 1.80. The number of nitrogens with one attached hydrogen (secondary N) is 1. The van der Waals surface area contributed by atoms with Crippen LogP contribution in [0.4, 0.5) is 13.6 Å². The molecule has 24 heavy (non-hydrogen) atoms. The SMILES string of the molecule is O=C(/C=C/c1ccc(OC(F)F)cc1)OCC(=O)N1CCNC1=O. The maximum Gasteiger partial charge on any atom is 0.387 e. The molecule has 3 amide bonds. The molecular weight excluding hydrogens is 326 g/mol. The summed E-state index contributed by atoms with van der Waals surface area (Å²) in [5.74, 6) is -1.38. The highest BCUT2D eigenvalue weighted by atomic mass is 19.3. The van der Waals surface area contributed by atoms with Gasteiger partial charge in [0.2, 0.25) is 0 Å². The molecule has 7 nitrogen and oxygen atoms in total. The molecule has 9 heteroatoms. The number of nitrogens with zero attached hydrogens (tertiary/aromatic N) is 1. The van der Waals surface area contributed by atoms with Crippen molar-refractivity contribution >= 4 is 24.0 Å². The van der Waals surface area contributed by atoms with Gasteiger partial charge in [0.25, 0.3) is 5.91 Å². The molecule has 0 saturated carbocycles. The third-order valence-electron chi connectivity index (χ3n) is 3.01. The number of hydrogen-bond acceptors (Lipinski definition) is 5. The summed E-state index contributed by atoms with van der Waals surface area (Å²) in [5.41, 5.74) is 0.554. The average molecular weight is 340 g/mol. The molecule has 0 aromatic heterocycles. The number of benzene rings is 1. The highest BCUT2D eigenvalue weighted by molar-refractivity contribution is 5.97. The van der Waals surface area contributed by atoms with Gasteiger partial charge in [0.05, 0.1) is 0 Å². The van der Waals surface area contributed by atoms with E-state index < -0.39 is 31.1 Å². The molecule has 1 fully saturated rings. The minimum atomic E-state index is -2.91. The van der Waals surface area contributed by atoms with E-state index in [0.29, 0.717) is 12.1 Å². The van der Waals surface area contributed by atoms with Gasteiger partial charge in [-0.1, -0.05) is 12.1 Å². The van der Waals surface area contributed by atoms with Gasteiger partial charge in [-0.05, 0) is 23.8 Å². The number of alkyl halides is 2. The van der Waals surface area contributed by atoms with E-state index in [1.165, 1.54) is 30.3 Å². The third-order valence-corrected chi connectivity index (χ3v) is 3.01. The molecule has 128 valence electrons. The summed E-state index contributed by atoms with van der Waals surface area (Å²) >= 11 is 0. The summed E-state index contributed by atoms with van der Waals surface area (Å²) in [5, 5.41) is 2.46. The molecule has 1 aliphatic rings. The van der Waals surface area contributed by atoms with E-state index in [2.05, 4.69) is 10.1 Å². The second kappa shape index (κ2) is 8.04. The van der Waals surface area contributed by atoms with Gasteiger partial charge in [-0.3, -0.25) is 9.69 Å². The second-order valence-electron chi connectivity index (χ2n) is 4.67. The van der Waals surface area contributed by atoms with E-state index in [-0.39, 0.29) is 12.3 Å². The van der Waals surface area contributed by atoms with E-state index in [0.717, 1.165) is 11.0 Å². The molecular formula is C15H14F2N2O5. The Morgan fingerprint density at radius 3 is 2.58 bits per heavy atom. The van der Waals surface area contributed by atoms with Crippen molar-refractivity contribution in [3.8, 4) is 5.75 Å². The molecule has 0 spiro atoms. The number of halogens is 2. The zero-order valence-corrected chi connectivity index (χ0v) is 12.4. The molecule has 0 atom stereocenters. The fourth-order valence-corrected chi connectivity index (χ4v) is 1.89. The van der Waals surface area contributed by atoms with Crippen LogP contribution in [0.5, 0.6) is 5.75 Å². The van der Waals surface area contributed by atoms with E-state index >= 15 is 0 Å². The fourth-order valence-electron chi connectivity index (χ4n) is 1.89. The summed E-state index contributed by atoms with van der Waals surface area (Å²) in [6, 6.07) is 5.08. The lowest BCUT2D eigenvalue weighted by Gasteiger charge is -2.11. The number of carbonyl (C=O) groups excluding carboxylic acids is 3. The van der Waals surface area contributed by atoms with Gasteiger partial charge in [0.1, 0.15) is 5.75 Å². The van der Waals surface area contributed by atoms with Crippen LogP contribution >= 0.6 is 0 Å². The van der Waals surface area contributed by atoms with Gasteiger partial charge >= 0.3 is 18.6 Å². The van der Waals surface area contributed by atoms with E-state index in [9.17, 15) is 23.2 Å². The number of imide groups is 1. The van der Waals surface area contributed by atoms with Crippen molar-refractivity contribution in [2.45, 2.75) is 6.61 Å². The molecule has 1 N–H and O–H groups in total. The number of urea groups is 1. The summed E-state index contributed by atoms with van der Waals surface area (Å²) in [6.07, 6.45) is 2.47. The van der Waals surface area contributed by atoms with E-state index in [4.69, 9.17) is 4.74 Å². The van der Waals surface area contributed by atoms with Crippen LogP contribution in [0.1, 0.15) is 5.56 Å². The monoisotopic (exact) mass is 340 g/mol.